The molecule has 0 aromatic carbocycles. The van der Waals surface area contributed by atoms with Crippen molar-refractivity contribution >= 4 is 11.5 Å². The van der Waals surface area contributed by atoms with Crippen LogP contribution in [-0.4, -0.2) is 50.7 Å². The second-order valence-corrected chi connectivity index (χ2v) is 5.71. The van der Waals surface area contributed by atoms with Crippen molar-refractivity contribution in [2.24, 2.45) is 5.92 Å². The first-order valence-electron chi connectivity index (χ1n) is 7.36. The van der Waals surface area contributed by atoms with Crippen LogP contribution in [0.3, 0.4) is 0 Å². The summed E-state index contributed by atoms with van der Waals surface area (Å²) in [6, 6.07) is 0. The summed E-state index contributed by atoms with van der Waals surface area (Å²) in [6.45, 7) is 8.79. The van der Waals surface area contributed by atoms with Gasteiger partial charge in [-0.1, -0.05) is 6.92 Å². The van der Waals surface area contributed by atoms with Crippen LogP contribution in [-0.2, 0) is 0 Å². The molecule has 0 bridgehead atoms. The number of aryl methyl sites for hydroxylation is 1. The summed E-state index contributed by atoms with van der Waals surface area (Å²) in [5, 5.41) is 11.7. The second kappa shape index (κ2) is 5.75. The summed E-state index contributed by atoms with van der Waals surface area (Å²) in [4.78, 5) is 6.92. The Morgan fingerprint density at radius 2 is 2.10 bits per heavy atom. The number of likely N-dealkylation sites (tertiary alicyclic amines) is 1. The fraction of sp³-hybridized carbons (Fsp3) is 0.643. The number of nitrogens with one attached hydrogen (secondary N) is 1. The van der Waals surface area contributed by atoms with Gasteiger partial charge in [0.05, 0.1) is 0 Å². The molecule has 3 rings (SSSR count). The van der Waals surface area contributed by atoms with Gasteiger partial charge in [-0.15, -0.1) is 10.2 Å². The molecule has 6 nitrogen and oxygen atoms in total. The summed E-state index contributed by atoms with van der Waals surface area (Å²) < 4.78 is 1.96. The molecule has 108 valence electrons. The molecule has 2 aromatic rings. The highest BCUT2D eigenvalue weighted by molar-refractivity contribution is 5.61. The minimum absolute atomic E-state index is 0.596. The molecule has 2 aromatic heterocycles. The average molecular weight is 274 g/mol. The Hall–Kier alpha value is -1.69. The first kappa shape index (κ1) is 13.3. The molecule has 0 saturated carbocycles. The van der Waals surface area contributed by atoms with Crippen molar-refractivity contribution < 1.29 is 0 Å². The maximum atomic E-state index is 4.38. The third-order valence-electron chi connectivity index (χ3n) is 3.88. The minimum atomic E-state index is 0.596. The van der Waals surface area contributed by atoms with Crippen molar-refractivity contribution in [1.82, 2.24) is 24.5 Å². The molecule has 0 spiro atoms. The maximum Gasteiger partial charge on any atom is 0.203 e. The SMILES string of the molecule is Cc1nnc2c(NCC(C)CN3CCCC3)nccn12. The van der Waals surface area contributed by atoms with Crippen molar-refractivity contribution in [2.45, 2.75) is 26.7 Å². The Morgan fingerprint density at radius 3 is 2.90 bits per heavy atom. The molecule has 1 fully saturated rings. The lowest BCUT2D eigenvalue weighted by molar-refractivity contribution is 0.294. The van der Waals surface area contributed by atoms with E-state index in [4.69, 9.17) is 0 Å². The van der Waals surface area contributed by atoms with E-state index in [1.807, 2.05) is 17.5 Å². The molecule has 0 aliphatic carbocycles. The van der Waals surface area contributed by atoms with E-state index in [1.165, 1.54) is 25.9 Å². The van der Waals surface area contributed by atoms with Gasteiger partial charge in [-0.25, -0.2) is 4.98 Å². The predicted octanol–water partition coefficient (Wildman–Crippen LogP) is 1.58. The van der Waals surface area contributed by atoms with Gasteiger partial charge in [0.15, 0.2) is 5.82 Å². The lowest BCUT2D eigenvalue weighted by Gasteiger charge is -2.20. The van der Waals surface area contributed by atoms with E-state index in [0.29, 0.717) is 5.92 Å². The zero-order valence-corrected chi connectivity index (χ0v) is 12.2. The fourth-order valence-electron chi connectivity index (χ4n) is 2.81. The molecule has 20 heavy (non-hydrogen) atoms. The van der Waals surface area contributed by atoms with Crippen LogP contribution in [0.1, 0.15) is 25.6 Å². The van der Waals surface area contributed by atoms with Gasteiger partial charge in [-0.05, 0) is 38.8 Å². The number of hydrogen-bond donors (Lipinski definition) is 1. The quantitative estimate of drug-likeness (QED) is 0.897. The first-order chi connectivity index (χ1) is 9.74. The fourth-order valence-corrected chi connectivity index (χ4v) is 2.81. The molecule has 1 unspecified atom stereocenters. The van der Waals surface area contributed by atoms with Gasteiger partial charge in [0.1, 0.15) is 5.82 Å². The summed E-state index contributed by atoms with van der Waals surface area (Å²) >= 11 is 0. The maximum absolute atomic E-state index is 4.38. The van der Waals surface area contributed by atoms with Crippen molar-refractivity contribution in [3.05, 3.63) is 18.2 Å². The van der Waals surface area contributed by atoms with Gasteiger partial charge in [0.25, 0.3) is 0 Å². The Morgan fingerprint density at radius 1 is 1.30 bits per heavy atom. The predicted molar refractivity (Wildman–Crippen MR) is 78.8 cm³/mol. The van der Waals surface area contributed by atoms with Crippen LogP contribution in [0.4, 0.5) is 5.82 Å². The van der Waals surface area contributed by atoms with Crippen LogP contribution in [0, 0.1) is 12.8 Å². The Kier molecular flexibility index (Phi) is 3.82. The van der Waals surface area contributed by atoms with Crippen LogP contribution < -0.4 is 5.32 Å². The molecule has 1 saturated heterocycles. The van der Waals surface area contributed by atoms with E-state index in [1.54, 1.807) is 6.20 Å². The highest BCUT2D eigenvalue weighted by Crippen LogP contribution is 2.14. The first-order valence-corrected chi connectivity index (χ1v) is 7.36. The third kappa shape index (κ3) is 2.75. The molecule has 1 atom stereocenters. The topological polar surface area (TPSA) is 58.4 Å². The molecule has 1 N–H and O–H groups in total. The number of hydrogen-bond acceptors (Lipinski definition) is 5. The zero-order valence-electron chi connectivity index (χ0n) is 12.2. The van der Waals surface area contributed by atoms with Crippen molar-refractivity contribution in [3.8, 4) is 0 Å². The van der Waals surface area contributed by atoms with Gasteiger partial charge in [-0.2, -0.15) is 0 Å². The van der Waals surface area contributed by atoms with Crippen LogP contribution in [0.15, 0.2) is 12.4 Å². The van der Waals surface area contributed by atoms with E-state index in [9.17, 15) is 0 Å². The molecule has 0 amide bonds. The van der Waals surface area contributed by atoms with Crippen LogP contribution in [0.2, 0.25) is 0 Å². The molecule has 1 aliphatic rings. The average Bonchev–Trinajstić information content (AvgIpc) is 3.07. The van der Waals surface area contributed by atoms with E-state index < -0.39 is 0 Å². The van der Waals surface area contributed by atoms with Crippen LogP contribution >= 0.6 is 0 Å². The highest BCUT2D eigenvalue weighted by Gasteiger charge is 2.15. The van der Waals surface area contributed by atoms with Gasteiger partial charge < -0.3 is 10.2 Å². The number of rotatable bonds is 5. The molecular formula is C14H22N6. The Balaban J connectivity index is 1.61. The summed E-state index contributed by atoms with van der Waals surface area (Å²) in [5.41, 5.74) is 0.804. The van der Waals surface area contributed by atoms with E-state index >= 15 is 0 Å². The third-order valence-corrected chi connectivity index (χ3v) is 3.88. The summed E-state index contributed by atoms with van der Waals surface area (Å²) in [6.07, 6.45) is 6.38. The largest absolute Gasteiger partial charge is 0.367 e. The number of nitrogens with zero attached hydrogens (tertiary/aromatic N) is 5. The normalized spacial score (nSPS) is 17.7. The van der Waals surface area contributed by atoms with Crippen LogP contribution in [0.5, 0.6) is 0 Å². The van der Waals surface area contributed by atoms with Gasteiger partial charge in [0.2, 0.25) is 5.65 Å². The van der Waals surface area contributed by atoms with Gasteiger partial charge in [-0.3, -0.25) is 4.40 Å². The minimum Gasteiger partial charge on any atom is -0.367 e. The smallest absolute Gasteiger partial charge is 0.203 e. The van der Waals surface area contributed by atoms with E-state index in [-0.39, 0.29) is 0 Å². The van der Waals surface area contributed by atoms with Crippen molar-refractivity contribution in [1.29, 1.82) is 0 Å². The number of aromatic nitrogens is 4. The van der Waals surface area contributed by atoms with E-state index in [0.717, 1.165) is 30.4 Å². The molecule has 6 heteroatoms. The molecule has 0 radical (unpaired) electrons. The molecule has 3 heterocycles. The lowest BCUT2D eigenvalue weighted by Crippen LogP contribution is -2.29. The van der Waals surface area contributed by atoms with E-state index in [2.05, 4.69) is 32.3 Å². The summed E-state index contributed by atoms with van der Waals surface area (Å²) in [7, 11) is 0. The van der Waals surface area contributed by atoms with Gasteiger partial charge in [0, 0.05) is 25.5 Å². The highest BCUT2D eigenvalue weighted by atomic mass is 15.3. The Labute approximate surface area is 119 Å². The summed E-state index contributed by atoms with van der Waals surface area (Å²) in [5.74, 6) is 2.30. The van der Waals surface area contributed by atoms with Crippen molar-refractivity contribution in [2.75, 3.05) is 31.5 Å². The number of anilines is 1. The van der Waals surface area contributed by atoms with Crippen molar-refractivity contribution in [3.63, 3.8) is 0 Å². The monoisotopic (exact) mass is 274 g/mol. The second-order valence-electron chi connectivity index (χ2n) is 5.71. The van der Waals surface area contributed by atoms with Crippen LogP contribution in [0.25, 0.3) is 5.65 Å². The lowest BCUT2D eigenvalue weighted by atomic mass is 10.1. The molecular weight excluding hydrogens is 252 g/mol. The standard InChI is InChI=1S/C14H22N6/c1-11(10-19-6-3-4-7-19)9-16-13-14-18-17-12(2)20(14)8-5-15-13/h5,8,11H,3-4,6-7,9-10H2,1-2H3,(H,15,16). The molecule has 1 aliphatic heterocycles. The Bertz CT molecular complexity index is 572. The number of fused-ring (bicyclic) bond motifs is 1. The van der Waals surface area contributed by atoms with Gasteiger partial charge >= 0.3 is 0 Å². The zero-order chi connectivity index (χ0) is 13.9.